The normalized spacial score (nSPS) is 15.6. The molecular weight excluding hydrogens is 638 g/mol. The highest BCUT2D eigenvalue weighted by Crippen LogP contribution is 2.45. The summed E-state index contributed by atoms with van der Waals surface area (Å²) in [7, 11) is 0. The Labute approximate surface area is 279 Å². The highest BCUT2D eigenvalue weighted by atomic mass is 32.2. The van der Waals surface area contributed by atoms with Crippen molar-refractivity contribution in [1.82, 2.24) is 10.2 Å². The second kappa shape index (κ2) is 14.2. The van der Waals surface area contributed by atoms with Crippen LogP contribution in [0, 0.1) is 12.7 Å². The fourth-order valence-electron chi connectivity index (χ4n) is 5.11. The van der Waals surface area contributed by atoms with Crippen molar-refractivity contribution in [3.63, 3.8) is 0 Å². The largest absolute Gasteiger partial charge is 0.507 e. The molecule has 1 aromatic heterocycles. The Hall–Kier alpha value is -5.00. The third kappa shape index (κ3) is 7.06. The molecule has 6 rings (SSSR count). The van der Waals surface area contributed by atoms with Gasteiger partial charge in [0.2, 0.25) is 5.13 Å². The molecule has 2 heterocycles. The summed E-state index contributed by atoms with van der Waals surface area (Å²) in [6, 6.07) is 26.9. The summed E-state index contributed by atoms with van der Waals surface area (Å²) < 4.78 is 26.4. The van der Waals surface area contributed by atoms with E-state index in [1.54, 1.807) is 18.2 Å². The number of aromatic nitrogens is 2. The monoisotopic (exact) mass is 667 g/mol. The summed E-state index contributed by atoms with van der Waals surface area (Å²) in [6.45, 7) is 4.50. The molecule has 238 valence electrons. The second-order valence-corrected chi connectivity index (χ2v) is 12.9. The SMILES string of the molecule is CCOc1cc(C2C(=C(O)c3ccc(F)cc3)C(=O)C(=O)N2c2nnc(SCc3ccc(C)cc3)s2)ccc1OCc1ccccc1. The molecule has 0 radical (unpaired) electrons. The molecule has 0 bridgehead atoms. The van der Waals surface area contributed by atoms with Crippen molar-refractivity contribution in [3.05, 3.63) is 136 Å². The third-order valence-electron chi connectivity index (χ3n) is 7.47. The van der Waals surface area contributed by atoms with Gasteiger partial charge in [-0.05, 0) is 66.9 Å². The lowest BCUT2D eigenvalue weighted by atomic mass is 9.95. The van der Waals surface area contributed by atoms with Crippen LogP contribution < -0.4 is 14.4 Å². The summed E-state index contributed by atoms with van der Waals surface area (Å²) in [4.78, 5) is 28.6. The zero-order valence-electron chi connectivity index (χ0n) is 25.6. The zero-order valence-corrected chi connectivity index (χ0v) is 27.2. The van der Waals surface area contributed by atoms with Crippen molar-refractivity contribution in [1.29, 1.82) is 0 Å². The second-order valence-electron chi connectivity index (χ2n) is 10.7. The summed E-state index contributed by atoms with van der Waals surface area (Å²) in [6.07, 6.45) is 0. The van der Waals surface area contributed by atoms with Gasteiger partial charge in [0.15, 0.2) is 15.8 Å². The number of carbonyl (C=O) groups is 2. The fraction of sp³-hybridized carbons (Fsp3) is 0.167. The Morgan fingerprint density at radius 1 is 0.915 bits per heavy atom. The number of halogens is 1. The van der Waals surface area contributed by atoms with E-state index in [0.717, 1.165) is 16.7 Å². The van der Waals surface area contributed by atoms with Crippen molar-refractivity contribution in [3.8, 4) is 11.5 Å². The number of aliphatic hydroxyl groups excluding tert-OH is 1. The first-order chi connectivity index (χ1) is 22.8. The molecule has 0 saturated carbocycles. The smallest absolute Gasteiger partial charge is 0.301 e. The minimum absolute atomic E-state index is 0.161. The molecule has 1 amide bonds. The van der Waals surface area contributed by atoms with Gasteiger partial charge in [-0.15, -0.1) is 10.2 Å². The van der Waals surface area contributed by atoms with Crippen LogP contribution in [0.2, 0.25) is 0 Å². The lowest BCUT2D eigenvalue weighted by Crippen LogP contribution is -2.29. The number of ketones is 1. The van der Waals surface area contributed by atoms with Crippen LogP contribution in [0.4, 0.5) is 9.52 Å². The topological polar surface area (TPSA) is 102 Å². The van der Waals surface area contributed by atoms with Crippen LogP contribution in [-0.2, 0) is 21.9 Å². The van der Waals surface area contributed by atoms with E-state index in [1.807, 2.05) is 68.4 Å². The van der Waals surface area contributed by atoms with Gasteiger partial charge in [0.05, 0.1) is 18.2 Å². The number of hydrogen-bond donors (Lipinski definition) is 1. The number of carbonyl (C=O) groups excluding carboxylic acids is 2. The van der Waals surface area contributed by atoms with Crippen molar-refractivity contribution < 1.29 is 28.6 Å². The van der Waals surface area contributed by atoms with E-state index < -0.39 is 29.3 Å². The predicted octanol–water partition coefficient (Wildman–Crippen LogP) is 7.88. The molecule has 4 aromatic carbocycles. The molecule has 1 atom stereocenters. The van der Waals surface area contributed by atoms with Gasteiger partial charge < -0.3 is 14.6 Å². The Bertz CT molecular complexity index is 1930. The summed E-state index contributed by atoms with van der Waals surface area (Å²) in [5, 5.41) is 20.2. The van der Waals surface area contributed by atoms with Crippen LogP contribution in [0.1, 0.15) is 40.8 Å². The average molecular weight is 668 g/mol. The molecule has 0 spiro atoms. The van der Waals surface area contributed by atoms with Crippen molar-refractivity contribution in [2.24, 2.45) is 0 Å². The first-order valence-corrected chi connectivity index (χ1v) is 16.6. The number of hydrogen-bond acceptors (Lipinski definition) is 9. The van der Waals surface area contributed by atoms with E-state index in [0.29, 0.717) is 40.4 Å². The number of benzene rings is 4. The molecule has 1 aliphatic rings. The van der Waals surface area contributed by atoms with Gasteiger partial charge in [0, 0.05) is 11.3 Å². The maximum atomic E-state index is 13.7. The predicted molar refractivity (Wildman–Crippen MR) is 180 cm³/mol. The highest BCUT2D eigenvalue weighted by molar-refractivity contribution is 8.00. The van der Waals surface area contributed by atoms with Gasteiger partial charge in [-0.25, -0.2) is 4.39 Å². The zero-order chi connectivity index (χ0) is 32.9. The molecule has 1 N–H and O–H groups in total. The van der Waals surface area contributed by atoms with E-state index in [2.05, 4.69) is 10.2 Å². The van der Waals surface area contributed by atoms with Crippen LogP contribution in [0.3, 0.4) is 0 Å². The van der Waals surface area contributed by atoms with E-state index in [-0.39, 0.29) is 16.3 Å². The van der Waals surface area contributed by atoms with Crippen LogP contribution >= 0.6 is 23.1 Å². The van der Waals surface area contributed by atoms with Gasteiger partial charge in [-0.2, -0.15) is 0 Å². The number of amides is 1. The number of ether oxygens (including phenoxy) is 2. The Morgan fingerprint density at radius 3 is 2.38 bits per heavy atom. The quantitative estimate of drug-likeness (QED) is 0.0499. The Balaban J connectivity index is 1.39. The standard InChI is InChI=1S/C36H30FN3O5S2/c1-3-44-29-19-26(15-18-28(29)45-20-23-7-5-4-6-8-23)31-30(32(41)25-13-16-27(37)17-14-25)33(42)34(43)40(31)35-38-39-36(47-35)46-21-24-11-9-22(2)10-12-24/h4-19,31,41H,3,20-21H2,1-2H3. The van der Waals surface area contributed by atoms with Crippen molar-refractivity contribution >= 4 is 45.7 Å². The molecule has 47 heavy (non-hydrogen) atoms. The minimum Gasteiger partial charge on any atom is -0.507 e. The first-order valence-electron chi connectivity index (χ1n) is 14.8. The van der Waals surface area contributed by atoms with Crippen LogP contribution in [0.5, 0.6) is 11.5 Å². The molecule has 0 aliphatic carbocycles. The third-order valence-corrected chi connectivity index (χ3v) is 9.59. The fourth-order valence-corrected chi connectivity index (χ4v) is 6.94. The number of rotatable bonds is 11. The maximum Gasteiger partial charge on any atom is 0.301 e. The van der Waals surface area contributed by atoms with Crippen LogP contribution in [0.25, 0.3) is 5.76 Å². The van der Waals surface area contributed by atoms with E-state index >= 15 is 0 Å². The first kappa shape index (κ1) is 32.0. The molecule has 5 aromatic rings. The summed E-state index contributed by atoms with van der Waals surface area (Å²) in [5.41, 5.74) is 3.75. The summed E-state index contributed by atoms with van der Waals surface area (Å²) in [5.74, 6) is -1.19. The van der Waals surface area contributed by atoms with E-state index in [4.69, 9.17) is 9.47 Å². The molecule has 1 unspecified atom stereocenters. The Morgan fingerprint density at radius 2 is 1.66 bits per heavy atom. The molecule has 8 nitrogen and oxygen atoms in total. The number of aliphatic hydroxyl groups is 1. The van der Waals surface area contributed by atoms with Crippen molar-refractivity contribution in [2.75, 3.05) is 11.5 Å². The molecular formula is C36H30FN3O5S2. The highest BCUT2D eigenvalue weighted by Gasteiger charge is 2.48. The number of thioether (sulfide) groups is 1. The number of nitrogens with zero attached hydrogens (tertiary/aromatic N) is 3. The van der Waals surface area contributed by atoms with Gasteiger partial charge in [-0.3, -0.25) is 14.5 Å². The Kier molecular flexibility index (Phi) is 9.65. The molecule has 11 heteroatoms. The van der Waals surface area contributed by atoms with Gasteiger partial charge in [-0.1, -0.05) is 89.3 Å². The van der Waals surface area contributed by atoms with E-state index in [9.17, 15) is 19.1 Å². The number of aryl methyl sites for hydroxylation is 1. The van der Waals surface area contributed by atoms with Crippen LogP contribution in [0.15, 0.2) is 107 Å². The van der Waals surface area contributed by atoms with Crippen LogP contribution in [-0.4, -0.2) is 33.6 Å². The lowest BCUT2D eigenvalue weighted by molar-refractivity contribution is -0.132. The van der Waals surface area contributed by atoms with Gasteiger partial charge in [0.25, 0.3) is 5.78 Å². The number of Topliss-reactive ketones (excluding diaryl/α,β-unsaturated/α-hetero) is 1. The van der Waals surface area contributed by atoms with Crippen molar-refractivity contribution in [2.45, 2.75) is 36.6 Å². The molecule has 1 aliphatic heterocycles. The van der Waals surface area contributed by atoms with E-state index in [1.165, 1.54) is 52.3 Å². The summed E-state index contributed by atoms with van der Waals surface area (Å²) >= 11 is 2.64. The minimum atomic E-state index is -1.08. The molecule has 1 saturated heterocycles. The maximum absolute atomic E-state index is 13.7. The average Bonchev–Trinajstić information content (AvgIpc) is 3.66. The van der Waals surface area contributed by atoms with Gasteiger partial charge in [0.1, 0.15) is 18.2 Å². The molecule has 1 fully saturated rings. The lowest BCUT2D eigenvalue weighted by Gasteiger charge is -2.23. The van der Waals surface area contributed by atoms with Gasteiger partial charge >= 0.3 is 5.91 Å². The number of anilines is 1.